The van der Waals surface area contributed by atoms with Gasteiger partial charge in [-0.2, -0.15) is 0 Å². The molecule has 0 N–H and O–H groups in total. The molecule has 1 rings (SSSR count). The summed E-state index contributed by atoms with van der Waals surface area (Å²) in [7, 11) is -3.16. The summed E-state index contributed by atoms with van der Waals surface area (Å²) >= 11 is 0. The molecule has 0 saturated heterocycles. The highest BCUT2D eigenvalue weighted by Crippen LogP contribution is 2.11. The number of ketones is 1. The molecule has 0 amide bonds. The van der Waals surface area contributed by atoms with E-state index in [1.54, 1.807) is 19.1 Å². The predicted octanol–water partition coefficient (Wildman–Crippen LogP) is 1.68. The third-order valence-electron chi connectivity index (χ3n) is 1.93. The number of Topliss-reactive ketones (excluding diaryl/α,β-unsaturated/α-hetero) is 1. The Balaban J connectivity index is 3.07. The molecule has 1 aromatic rings. The van der Waals surface area contributed by atoms with E-state index < -0.39 is 9.84 Å². The van der Waals surface area contributed by atoms with Crippen molar-refractivity contribution in [3.63, 3.8) is 0 Å². The normalized spacial score (nSPS) is 11.3. The van der Waals surface area contributed by atoms with Gasteiger partial charge in [0.05, 0.1) is 4.90 Å². The lowest BCUT2D eigenvalue weighted by Crippen LogP contribution is -2.00. The van der Waals surface area contributed by atoms with E-state index in [0.717, 1.165) is 6.26 Å². The Morgan fingerprint density at radius 2 is 1.71 bits per heavy atom. The highest BCUT2D eigenvalue weighted by Gasteiger charge is 2.08. The van der Waals surface area contributed by atoms with Gasteiger partial charge in [0, 0.05) is 18.2 Å². The van der Waals surface area contributed by atoms with Crippen LogP contribution in [-0.2, 0) is 9.84 Å². The van der Waals surface area contributed by atoms with Crippen molar-refractivity contribution in [1.29, 1.82) is 0 Å². The molecule has 0 saturated carbocycles. The Labute approximate surface area is 83.7 Å². The van der Waals surface area contributed by atoms with Crippen LogP contribution in [0.1, 0.15) is 23.7 Å². The summed E-state index contributed by atoms with van der Waals surface area (Å²) in [6, 6.07) is 6.00. The van der Waals surface area contributed by atoms with Gasteiger partial charge in [0.2, 0.25) is 0 Å². The maximum absolute atomic E-state index is 11.2. The summed E-state index contributed by atoms with van der Waals surface area (Å²) in [5.41, 5.74) is 0.555. The molecule has 0 aliphatic carbocycles. The average Bonchev–Trinajstić information content (AvgIpc) is 2.15. The Morgan fingerprint density at radius 1 is 1.21 bits per heavy atom. The Hall–Kier alpha value is -1.16. The second-order valence-corrected chi connectivity index (χ2v) is 5.09. The smallest absolute Gasteiger partial charge is 0.175 e. The van der Waals surface area contributed by atoms with Gasteiger partial charge >= 0.3 is 0 Å². The van der Waals surface area contributed by atoms with Gasteiger partial charge in [-0.1, -0.05) is 19.1 Å². The number of hydrogen-bond acceptors (Lipinski definition) is 3. The van der Waals surface area contributed by atoms with Gasteiger partial charge in [0.25, 0.3) is 0 Å². The van der Waals surface area contributed by atoms with Gasteiger partial charge in [-0.15, -0.1) is 0 Å². The van der Waals surface area contributed by atoms with Crippen molar-refractivity contribution in [1.82, 2.24) is 0 Å². The molecule has 14 heavy (non-hydrogen) atoms. The van der Waals surface area contributed by atoms with Crippen LogP contribution >= 0.6 is 0 Å². The zero-order valence-corrected chi connectivity index (χ0v) is 8.97. The molecule has 76 valence electrons. The van der Waals surface area contributed by atoms with Gasteiger partial charge < -0.3 is 0 Å². The van der Waals surface area contributed by atoms with E-state index in [9.17, 15) is 13.2 Å². The molecular formula is C10H12O3S. The fraction of sp³-hybridized carbons (Fsp3) is 0.300. The van der Waals surface area contributed by atoms with Crippen molar-refractivity contribution in [2.24, 2.45) is 0 Å². The monoisotopic (exact) mass is 212 g/mol. The molecule has 0 atom stereocenters. The topological polar surface area (TPSA) is 51.2 Å². The van der Waals surface area contributed by atoms with E-state index >= 15 is 0 Å². The quantitative estimate of drug-likeness (QED) is 0.716. The highest BCUT2D eigenvalue weighted by molar-refractivity contribution is 7.90. The maximum atomic E-state index is 11.2. The summed E-state index contributed by atoms with van der Waals surface area (Å²) in [5.74, 6) is 0.0186. The summed E-state index contributed by atoms with van der Waals surface area (Å²) in [6.07, 6.45) is 1.57. The van der Waals surface area contributed by atoms with Crippen LogP contribution in [-0.4, -0.2) is 20.5 Å². The van der Waals surface area contributed by atoms with Crippen LogP contribution in [0.25, 0.3) is 0 Å². The van der Waals surface area contributed by atoms with Gasteiger partial charge in [0.1, 0.15) is 0 Å². The third kappa shape index (κ3) is 2.42. The number of hydrogen-bond donors (Lipinski definition) is 0. The fourth-order valence-corrected chi connectivity index (χ4v) is 1.72. The lowest BCUT2D eigenvalue weighted by atomic mass is 10.1. The molecular weight excluding hydrogens is 200 g/mol. The van der Waals surface area contributed by atoms with E-state index in [-0.39, 0.29) is 10.7 Å². The molecule has 0 unspecified atom stereocenters. The first-order valence-corrected chi connectivity index (χ1v) is 6.17. The first kappa shape index (κ1) is 10.9. The minimum Gasteiger partial charge on any atom is -0.294 e. The second-order valence-electron chi connectivity index (χ2n) is 3.07. The second kappa shape index (κ2) is 3.92. The molecule has 3 nitrogen and oxygen atoms in total. The molecule has 0 spiro atoms. The first-order valence-electron chi connectivity index (χ1n) is 4.28. The van der Waals surface area contributed by atoms with Crippen molar-refractivity contribution in [2.45, 2.75) is 18.2 Å². The van der Waals surface area contributed by atoms with Crippen LogP contribution in [0.4, 0.5) is 0 Å². The van der Waals surface area contributed by atoms with Crippen molar-refractivity contribution >= 4 is 15.6 Å². The van der Waals surface area contributed by atoms with Crippen LogP contribution in [0, 0.1) is 0 Å². The summed E-state index contributed by atoms with van der Waals surface area (Å²) < 4.78 is 22.2. The molecule has 1 aromatic carbocycles. The Kier molecular flexibility index (Phi) is 3.06. The molecule has 0 radical (unpaired) electrons. The number of sulfone groups is 1. The summed E-state index contributed by atoms with van der Waals surface area (Å²) in [4.78, 5) is 11.5. The maximum Gasteiger partial charge on any atom is 0.175 e. The molecule has 0 aliphatic heterocycles. The lowest BCUT2D eigenvalue weighted by molar-refractivity contribution is 0.0988. The Bertz CT molecular complexity index is 429. The first-order chi connectivity index (χ1) is 6.45. The fourth-order valence-electron chi connectivity index (χ4n) is 1.09. The Morgan fingerprint density at radius 3 is 2.07 bits per heavy atom. The van der Waals surface area contributed by atoms with Gasteiger partial charge in [-0.3, -0.25) is 4.79 Å². The summed E-state index contributed by atoms with van der Waals surface area (Å²) in [5, 5.41) is 0. The summed E-state index contributed by atoms with van der Waals surface area (Å²) in [6.45, 7) is 1.77. The standard InChI is InChI=1S/C10H12O3S/c1-3-10(11)8-4-6-9(7-5-8)14(2,12)13/h4-7H,3H2,1-2H3. The molecule has 0 aromatic heterocycles. The van der Waals surface area contributed by atoms with Crippen LogP contribution in [0.3, 0.4) is 0 Å². The van der Waals surface area contributed by atoms with Crippen LogP contribution in [0.15, 0.2) is 29.2 Å². The third-order valence-corrected chi connectivity index (χ3v) is 3.05. The van der Waals surface area contributed by atoms with Crippen molar-refractivity contribution in [3.8, 4) is 0 Å². The predicted molar refractivity (Wildman–Crippen MR) is 54.2 cm³/mol. The van der Waals surface area contributed by atoms with Gasteiger partial charge in [0.15, 0.2) is 15.6 Å². The zero-order valence-electron chi connectivity index (χ0n) is 8.15. The number of rotatable bonds is 3. The highest BCUT2D eigenvalue weighted by atomic mass is 32.2. The van der Waals surface area contributed by atoms with Crippen LogP contribution in [0.5, 0.6) is 0 Å². The van der Waals surface area contributed by atoms with E-state index in [4.69, 9.17) is 0 Å². The zero-order chi connectivity index (χ0) is 10.8. The number of carbonyl (C=O) groups is 1. The lowest BCUT2D eigenvalue weighted by Gasteiger charge is -2.00. The average molecular weight is 212 g/mol. The van der Waals surface area contributed by atoms with Gasteiger partial charge in [-0.25, -0.2) is 8.42 Å². The van der Waals surface area contributed by atoms with Gasteiger partial charge in [-0.05, 0) is 12.1 Å². The minimum absolute atomic E-state index is 0.0186. The molecule has 0 heterocycles. The van der Waals surface area contributed by atoms with E-state index in [2.05, 4.69) is 0 Å². The molecule has 0 bridgehead atoms. The number of carbonyl (C=O) groups excluding carboxylic acids is 1. The minimum atomic E-state index is -3.16. The largest absolute Gasteiger partial charge is 0.294 e. The SMILES string of the molecule is CCC(=O)c1ccc(S(C)(=O)=O)cc1. The van der Waals surface area contributed by atoms with Crippen molar-refractivity contribution < 1.29 is 13.2 Å². The number of benzene rings is 1. The van der Waals surface area contributed by atoms with E-state index in [0.29, 0.717) is 12.0 Å². The van der Waals surface area contributed by atoms with Crippen LogP contribution < -0.4 is 0 Å². The van der Waals surface area contributed by atoms with Crippen molar-refractivity contribution in [2.75, 3.05) is 6.26 Å². The molecule has 0 fully saturated rings. The van der Waals surface area contributed by atoms with Crippen molar-refractivity contribution in [3.05, 3.63) is 29.8 Å². The molecule has 0 aliphatic rings. The van der Waals surface area contributed by atoms with Crippen LogP contribution in [0.2, 0.25) is 0 Å². The van der Waals surface area contributed by atoms with E-state index in [1.165, 1.54) is 12.1 Å². The van der Waals surface area contributed by atoms with E-state index in [1.807, 2.05) is 0 Å². The molecule has 4 heteroatoms.